The molecule has 3 rings (SSSR count). The van der Waals surface area contributed by atoms with Gasteiger partial charge in [-0.3, -0.25) is 4.90 Å². The van der Waals surface area contributed by atoms with Crippen molar-refractivity contribution in [3.8, 4) is 11.8 Å². The SMILES string of the molecule is COC(=O)c1cc(C#CCN2CCOCC2)cc(NCCC2CCC(N(C)C(=O)OC(C)(C)C)CC2)c1C. The van der Waals surface area contributed by atoms with Crippen LogP contribution in [0.4, 0.5) is 10.5 Å². The summed E-state index contributed by atoms with van der Waals surface area (Å²) in [4.78, 5) is 28.9. The Balaban J connectivity index is 1.55. The molecule has 1 aromatic carbocycles. The van der Waals surface area contributed by atoms with Crippen LogP contribution in [0.3, 0.4) is 0 Å². The molecule has 8 heteroatoms. The van der Waals surface area contributed by atoms with Gasteiger partial charge in [0.15, 0.2) is 0 Å². The molecule has 210 valence electrons. The summed E-state index contributed by atoms with van der Waals surface area (Å²) in [5.41, 5.74) is 2.66. The van der Waals surface area contributed by atoms with Gasteiger partial charge in [0.2, 0.25) is 0 Å². The number of hydrogen-bond donors (Lipinski definition) is 1. The van der Waals surface area contributed by atoms with Crippen molar-refractivity contribution in [2.24, 2.45) is 5.92 Å². The number of nitrogens with one attached hydrogen (secondary N) is 1. The molecule has 2 fully saturated rings. The summed E-state index contributed by atoms with van der Waals surface area (Å²) in [6, 6.07) is 4.08. The van der Waals surface area contributed by atoms with Crippen molar-refractivity contribution in [2.45, 2.75) is 71.4 Å². The Morgan fingerprint density at radius 3 is 2.47 bits per heavy atom. The monoisotopic (exact) mass is 527 g/mol. The minimum absolute atomic E-state index is 0.228. The van der Waals surface area contributed by atoms with E-state index in [2.05, 4.69) is 22.1 Å². The van der Waals surface area contributed by atoms with E-state index in [0.29, 0.717) is 18.0 Å². The van der Waals surface area contributed by atoms with Crippen molar-refractivity contribution >= 4 is 17.7 Å². The lowest BCUT2D eigenvalue weighted by molar-refractivity contribution is 0.0171. The topological polar surface area (TPSA) is 80.3 Å². The Morgan fingerprint density at radius 2 is 1.84 bits per heavy atom. The molecule has 1 amide bonds. The molecule has 2 aliphatic rings. The number of methoxy groups -OCH3 is 1. The van der Waals surface area contributed by atoms with Gasteiger partial charge in [-0.15, -0.1) is 0 Å². The van der Waals surface area contributed by atoms with Gasteiger partial charge in [-0.1, -0.05) is 11.8 Å². The highest BCUT2D eigenvalue weighted by Crippen LogP contribution is 2.30. The summed E-state index contributed by atoms with van der Waals surface area (Å²) in [6.45, 7) is 12.4. The van der Waals surface area contributed by atoms with Gasteiger partial charge in [0.25, 0.3) is 0 Å². The first-order valence-electron chi connectivity index (χ1n) is 13.8. The normalized spacial score (nSPS) is 20.2. The Bertz CT molecular complexity index is 1010. The molecule has 1 saturated carbocycles. The second-order valence-corrected chi connectivity index (χ2v) is 11.4. The average Bonchev–Trinajstić information content (AvgIpc) is 2.89. The molecule has 1 heterocycles. The number of morpholine rings is 1. The van der Waals surface area contributed by atoms with E-state index in [1.807, 2.05) is 46.9 Å². The molecule has 0 unspecified atom stereocenters. The average molecular weight is 528 g/mol. The number of hydrogen-bond acceptors (Lipinski definition) is 7. The summed E-state index contributed by atoms with van der Waals surface area (Å²) in [6.07, 6.45) is 4.92. The number of nitrogens with zero attached hydrogens (tertiary/aromatic N) is 2. The Kier molecular flexibility index (Phi) is 10.9. The van der Waals surface area contributed by atoms with Crippen LogP contribution in [0.1, 0.15) is 74.4 Å². The first-order valence-corrected chi connectivity index (χ1v) is 13.8. The van der Waals surface area contributed by atoms with Crippen LogP contribution >= 0.6 is 0 Å². The number of carbonyl (C=O) groups excluding carboxylic acids is 2. The third kappa shape index (κ3) is 8.92. The molecule has 1 saturated heterocycles. The fourth-order valence-electron chi connectivity index (χ4n) is 5.02. The first kappa shape index (κ1) is 29.8. The molecule has 1 aromatic rings. The Hall–Kier alpha value is -2.76. The zero-order valence-electron chi connectivity index (χ0n) is 24.0. The summed E-state index contributed by atoms with van der Waals surface area (Å²) >= 11 is 0. The molecule has 0 spiro atoms. The molecule has 1 aliphatic heterocycles. The number of carbonyl (C=O) groups is 2. The van der Waals surface area contributed by atoms with Crippen molar-refractivity contribution < 1.29 is 23.8 Å². The molecular formula is C30H45N3O5. The van der Waals surface area contributed by atoms with E-state index in [0.717, 1.165) is 81.8 Å². The van der Waals surface area contributed by atoms with Gasteiger partial charge in [0, 0.05) is 44.0 Å². The summed E-state index contributed by atoms with van der Waals surface area (Å²) < 4.78 is 16.0. The third-order valence-electron chi connectivity index (χ3n) is 7.37. The first-order chi connectivity index (χ1) is 18.1. The van der Waals surface area contributed by atoms with Gasteiger partial charge in [-0.2, -0.15) is 0 Å². The molecule has 1 aliphatic carbocycles. The highest BCUT2D eigenvalue weighted by atomic mass is 16.6. The number of anilines is 1. The predicted octanol–water partition coefficient (Wildman–Crippen LogP) is 4.69. The van der Waals surface area contributed by atoms with Crippen molar-refractivity contribution in [2.75, 3.05) is 58.9 Å². The molecule has 0 aromatic heterocycles. The second-order valence-electron chi connectivity index (χ2n) is 11.4. The van der Waals surface area contributed by atoms with Crippen LogP contribution in [-0.4, -0.2) is 87.1 Å². The number of esters is 1. The number of ether oxygens (including phenoxy) is 3. The molecule has 38 heavy (non-hydrogen) atoms. The van der Waals surface area contributed by atoms with E-state index in [9.17, 15) is 9.59 Å². The fraction of sp³-hybridized carbons (Fsp3) is 0.667. The summed E-state index contributed by atoms with van der Waals surface area (Å²) in [5, 5.41) is 3.55. The van der Waals surface area contributed by atoms with Gasteiger partial charge in [0.1, 0.15) is 5.60 Å². The number of rotatable bonds is 7. The fourth-order valence-corrected chi connectivity index (χ4v) is 5.02. The summed E-state index contributed by atoms with van der Waals surface area (Å²) in [7, 11) is 3.25. The second kappa shape index (κ2) is 13.9. The maximum Gasteiger partial charge on any atom is 0.410 e. The standard InChI is InChI=1S/C30H45N3O5/c1-22-26(28(34)36-6)20-24(8-7-15-33-16-18-37-19-17-33)21-27(22)31-14-13-23-9-11-25(12-10-23)32(5)29(35)38-30(2,3)4/h20-21,23,25,31H,9-19H2,1-6H3. The number of amides is 1. The zero-order chi connectivity index (χ0) is 27.7. The van der Waals surface area contributed by atoms with Gasteiger partial charge < -0.3 is 24.4 Å². The highest BCUT2D eigenvalue weighted by molar-refractivity contribution is 5.93. The van der Waals surface area contributed by atoms with Crippen molar-refractivity contribution in [3.05, 3.63) is 28.8 Å². The Labute approximate surface area is 228 Å². The lowest BCUT2D eigenvalue weighted by atomic mass is 9.83. The third-order valence-corrected chi connectivity index (χ3v) is 7.37. The van der Waals surface area contributed by atoms with E-state index >= 15 is 0 Å². The van der Waals surface area contributed by atoms with Crippen molar-refractivity contribution in [3.63, 3.8) is 0 Å². The van der Waals surface area contributed by atoms with Gasteiger partial charge in [-0.05, 0) is 83.4 Å². The quantitative estimate of drug-likeness (QED) is 0.407. The predicted molar refractivity (Wildman–Crippen MR) is 150 cm³/mol. The smallest absolute Gasteiger partial charge is 0.410 e. The molecule has 0 radical (unpaired) electrons. The van der Waals surface area contributed by atoms with Crippen LogP contribution < -0.4 is 5.32 Å². The van der Waals surface area contributed by atoms with Crippen LogP contribution in [0.15, 0.2) is 12.1 Å². The minimum atomic E-state index is -0.480. The molecule has 1 N–H and O–H groups in total. The van der Waals surface area contributed by atoms with Crippen LogP contribution in [0.2, 0.25) is 0 Å². The van der Waals surface area contributed by atoms with Crippen LogP contribution in [-0.2, 0) is 14.2 Å². The van der Waals surface area contributed by atoms with Gasteiger partial charge in [0.05, 0.1) is 32.4 Å². The van der Waals surface area contributed by atoms with E-state index < -0.39 is 5.60 Å². The van der Waals surface area contributed by atoms with Gasteiger partial charge in [-0.25, -0.2) is 9.59 Å². The number of benzene rings is 1. The van der Waals surface area contributed by atoms with Crippen LogP contribution in [0, 0.1) is 24.7 Å². The van der Waals surface area contributed by atoms with Crippen molar-refractivity contribution in [1.82, 2.24) is 9.80 Å². The molecule has 8 nitrogen and oxygen atoms in total. The van der Waals surface area contributed by atoms with E-state index in [1.54, 1.807) is 4.90 Å². The van der Waals surface area contributed by atoms with Crippen molar-refractivity contribution in [1.29, 1.82) is 0 Å². The lowest BCUT2D eigenvalue weighted by Crippen LogP contribution is -2.42. The maximum absolute atomic E-state index is 12.4. The molecular weight excluding hydrogens is 482 g/mol. The van der Waals surface area contributed by atoms with Crippen LogP contribution in [0.5, 0.6) is 0 Å². The van der Waals surface area contributed by atoms with E-state index in [1.165, 1.54) is 7.11 Å². The van der Waals surface area contributed by atoms with Gasteiger partial charge >= 0.3 is 12.1 Å². The highest BCUT2D eigenvalue weighted by Gasteiger charge is 2.29. The largest absolute Gasteiger partial charge is 0.465 e. The maximum atomic E-state index is 12.4. The lowest BCUT2D eigenvalue weighted by Gasteiger charge is -2.35. The Morgan fingerprint density at radius 1 is 1.16 bits per heavy atom. The summed E-state index contributed by atoms with van der Waals surface area (Å²) in [5.74, 6) is 6.73. The van der Waals surface area contributed by atoms with E-state index in [-0.39, 0.29) is 18.1 Å². The zero-order valence-corrected chi connectivity index (χ0v) is 24.0. The van der Waals surface area contributed by atoms with Crippen LogP contribution in [0.25, 0.3) is 0 Å². The molecule has 0 bridgehead atoms. The minimum Gasteiger partial charge on any atom is -0.465 e. The molecule has 0 atom stereocenters. The van der Waals surface area contributed by atoms with E-state index in [4.69, 9.17) is 14.2 Å².